The first-order valence-electron chi connectivity index (χ1n) is 6.58. The molecule has 18 heavy (non-hydrogen) atoms. The first-order chi connectivity index (χ1) is 8.70. The number of nitrogens with two attached hydrogens (primary N) is 1. The van der Waals surface area contributed by atoms with Crippen LogP contribution in [0.5, 0.6) is 0 Å². The maximum Gasteiger partial charge on any atom is 0.148 e. The van der Waals surface area contributed by atoms with E-state index < -0.39 is 0 Å². The van der Waals surface area contributed by atoms with Gasteiger partial charge in [0.05, 0.1) is 0 Å². The molecule has 3 heteroatoms. The lowest BCUT2D eigenvalue weighted by molar-refractivity contribution is 0.853. The van der Waals surface area contributed by atoms with Gasteiger partial charge in [-0.3, -0.25) is 5.10 Å². The number of nitrogens with one attached hydrogen (secondary N) is 1. The minimum Gasteiger partial charge on any atom is -0.382 e. The minimum atomic E-state index is 0.663. The van der Waals surface area contributed by atoms with Crippen molar-refractivity contribution in [2.45, 2.75) is 39.5 Å². The number of rotatable bonds is 5. The molecule has 1 aromatic carbocycles. The van der Waals surface area contributed by atoms with Crippen molar-refractivity contribution in [3.8, 4) is 0 Å². The van der Waals surface area contributed by atoms with Crippen LogP contribution in [0.4, 0.5) is 5.82 Å². The standard InChI is InChI=1S/C15H21N3/c1-3-4-13-14(17-18-15(13)16)10-9-12-7-5-11(2)6-8-12/h5-8H,3-4,9-10H2,1-2H3,(H3,16,17,18). The number of hydrogen-bond donors (Lipinski definition) is 2. The van der Waals surface area contributed by atoms with Crippen molar-refractivity contribution in [1.29, 1.82) is 0 Å². The fourth-order valence-electron chi connectivity index (χ4n) is 2.18. The van der Waals surface area contributed by atoms with Gasteiger partial charge >= 0.3 is 0 Å². The number of hydrogen-bond acceptors (Lipinski definition) is 2. The minimum absolute atomic E-state index is 0.663. The average Bonchev–Trinajstić information content (AvgIpc) is 2.71. The van der Waals surface area contributed by atoms with Crippen molar-refractivity contribution >= 4 is 5.82 Å². The number of benzene rings is 1. The van der Waals surface area contributed by atoms with Gasteiger partial charge in [-0.15, -0.1) is 0 Å². The second-order valence-corrected chi connectivity index (χ2v) is 4.80. The Labute approximate surface area is 108 Å². The first-order valence-corrected chi connectivity index (χ1v) is 6.58. The van der Waals surface area contributed by atoms with Crippen LogP contribution in [0, 0.1) is 6.92 Å². The molecule has 2 rings (SSSR count). The summed E-state index contributed by atoms with van der Waals surface area (Å²) in [5.74, 6) is 0.663. The Kier molecular flexibility index (Phi) is 4.03. The molecule has 0 aliphatic rings. The molecule has 0 radical (unpaired) electrons. The molecule has 1 heterocycles. The smallest absolute Gasteiger partial charge is 0.148 e. The van der Waals surface area contributed by atoms with Crippen molar-refractivity contribution in [3.05, 3.63) is 46.6 Å². The number of aromatic nitrogens is 2. The van der Waals surface area contributed by atoms with Crippen LogP contribution >= 0.6 is 0 Å². The third kappa shape index (κ3) is 2.92. The average molecular weight is 243 g/mol. The van der Waals surface area contributed by atoms with E-state index in [1.807, 2.05) is 0 Å². The van der Waals surface area contributed by atoms with E-state index in [1.165, 1.54) is 22.4 Å². The fraction of sp³-hybridized carbons (Fsp3) is 0.400. The van der Waals surface area contributed by atoms with Crippen molar-refractivity contribution in [2.75, 3.05) is 5.73 Å². The van der Waals surface area contributed by atoms with Gasteiger partial charge in [0.1, 0.15) is 5.82 Å². The highest BCUT2D eigenvalue weighted by molar-refractivity contribution is 5.42. The highest BCUT2D eigenvalue weighted by Gasteiger charge is 2.09. The van der Waals surface area contributed by atoms with Crippen LogP contribution in [0.25, 0.3) is 0 Å². The molecule has 0 aliphatic carbocycles. The Hall–Kier alpha value is -1.77. The molecule has 3 N–H and O–H groups in total. The number of nitrogens with zero attached hydrogens (tertiary/aromatic N) is 1. The molecular formula is C15H21N3. The quantitative estimate of drug-likeness (QED) is 0.848. The van der Waals surface area contributed by atoms with Gasteiger partial charge in [-0.25, -0.2) is 0 Å². The summed E-state index contributed by atoms with van der Waals surface area (Å²) in [5.41, 5.74) is 10.9. The van der Waals surface area contributed by atoms with E-state index in [2.05, 4.69) is 48.3 Å². The van der Waals surface area contributed by atoms with Crippen LogP contribution in [0.3, 0.4) is 0 Å². The third-order valence-corrected chi connectivity index (χ3v) is 3.27. The monoisotopic (exact) mass is 243 g/mol. The maximum atomic E-state index is 5.87. The van der Waals surface area contributed by atoms with Crippen molar-refractivity contribution in [3.63, 3.8) is 0 Å². The highest BCUT2D eigenvalue weighted by atomic mass is 15.2. The van der Waals surface area contributed by atoms with Crippen LogP contribution in [0.1, 0.15) is 35.7 Å². The zero-order valence-electron chi connectivity index (χ0n) is 11.2. The third-order valence-electron chi connectivity index (χ3n) is 3.27. The topological polar surface area (TPSA) is 54.7 Å². The summed E-state index contributed by atoms with van der Waals surface area (Å²) in [7, 11) is 0. The first kappa shape index (κ1) is 12.7. The Balaban J connectivity index is 2.03. The number of nitrogen functional groups attached to an aromatic ring is 1. The van der Waals surface area contributed by atoms with Gasteiger partial charge in [-0.2, -0.15) is 5.10 Å². The van der Waals surface area contributed by atoms with Crippen LogP contribution in [0.15, 0.2) is 24.3 Å². The second-order valence-electron chi connectivity index (χ2n) is 4.80. The zero-order valence-corrected chi connectivity index (χ0v) is 11.2. The second kappa shape index (κ2) is 5.71. The summed E-state index contributed by atoms with van der Waals surface area (Å²) < 4.78 is 0. The summed E-state index contributed by atoms with van der Waals surface area (Å²) in [4.78, 5) is 0. The Bertz CT molecular complexity index is 497. The Morgan fingerprint density at radius 2 is 1.83 bits per heavy atom. The normalized spacial score (nSPS) is 10.8. The number of anilines is 1. The summed E-state index contributed by atoms with van der Waals surface area (Å²) >= 11 is 0. The van der Waals surface area contributed by atoms with Crippen molar-refractivity contribution in [1.82, 2.24) is 10.2 Å². The predicted molar refractivity (Wildman–Crippen MR) is 75.6 cm³/mol. The molecule has 0 atom stereocenters. The SMILES string of the molecule is CCCc1c(N)n[nH]c1CCc1ccc(C)cc1. The summed E-state index contributed by atoms with van der Waals surface area (Å²) in [6, 6.07) is 8.69. The molecule has 0 saturated carbocycles. The summed E-state index contributed by atoms with van der Waals surface area (Å²) in [5, 5.41) is 7.18. The number of aromatic amines is 1. The largest absolute Gasteiger partial charge is 0.382 e. The number of aryl methyl sites for hydroxylation is 3. The molecule has 0 bridgehead atoms. The molecule has 0 aliphatic heterocycles. The lowest BCUT2D eigenvalue weighted by atomic mass is 10.0. The molecule has 2 aromatic rings. The van der Waals surface area contributed by atoms with Crippen LogP contribution in [-0.2, 0) is 19.3 Å². The fourth-order valence-corrected chi connectivity index (χ4v) is 2.18. The van der Waals surface area contributed by atoms with E-state index >= 15 is 0 Å². The lowest BCUT2D eigenvalue weighted by Crippen LogP contribution is -1.98. The van der Waals surface area contributed by atoms with Crippen LogP contribution in [-0.4, -0.2) is 10.2 Å². The van der Waals surface area contributed by atoms with Crippen LogP contribution in [0.2, 0.25) is 0 Å². The van der Waals surface area contributed by atoms with E-state index in [1.54, 1.807) is 0 Å². The van der Waals surface area contributed by atoms with Gasteiger partial charge in [-0.05, 0) is 31.7 Å². The number of H-pyrrole nitrogens is 1. The predicted octanol–water partition coefficient (Wildman–Crippen LogP) is 3.04. The highest BCUT2D eigenvalue weighted by Crippen LogP contribution is 2.17. The van der Waals surface area contributed by atoms with Crippen molar-refractivity contribution in [2.24, 2.45) is 0 Å². The molecule has 3 nitrogen and oxygen atoms in total. The molecule has 1 aromatic heterocycles. The van der Waals surface area contributed by atoms with Gasteiger partial charge in [0, 0.05) is 11.3 Å². The molecule has 96 valence electrons. The summed E-state index contributed by atoms with van der Waals surface area (Å²) in [6.45, 7) is 4.27. The Morgan fingerprint density at radius 1 is 1.11 bits per heavy atom. The van der Waals surface area contributed by atoms with Gasteiger partial charge in [0.2, 0.25) is 0 Å². The Morgan fingerprint density at radius 3 is 2.50 bits per heavy atom. The van der Waals surface area contributed by atoms with Crippen LogP contribution < -0.4 is 5.73 Å². The van der Waals surface area contributed by atoms with E-state index in [-0.39, 0.29) is 0 Å². The van der Waals surface area contributed by atoms with Gasteiger partial charge < -0.3 is 5.73 Å². The molecule has 0 saturated heterocycles. The molecule has 0 spiro atoms. The van der Waals surface area contributed by atoms with E-state index in [9.17, 15) is 0 Å². The maximum absolute atomic E-state index is 5.87. The van der Waals surface area contributed by atoms with E-state index in [4.69, 9.17) is 5.73 Å². The van der Waals surface area contributed by atoms with Gasteiger partial charge in [0.25, 0.3) is 0 Å². The van der Waals surface area contributed by atoms with E-state index in [0.717, 1.165) is 25.7 Å². The van der Waals surface area contributed by atoms with E-state index in [0.29, 0.717) is 5.82 Å². The van der Waals surface area contributed by atoms with Gasteiger partial charge in [0.15, 0.2) is 0 Å². The molecule has 0 amide bonds. The lowest BCUT2D eigenvalue weighted by Gasteiger charge is -2.04. The molecular weight excluding hydrogens is 222 g/mol. The van der Waals surface area contributed by atoms with Crippen molar-refractivity contribution < 1.29 is 0 Å². The molecule has 0 unspecified atom stereocenters. The molecule has 0 fully saturated rings. The van der Waals surface area contributed by atoms with Gasteiger partial charge in [-0.1, -0.05) is 43.2 Å². The zero-order chi connectivity index (χ0) is 13.0. The summed E-state index contributed by atoms with van der Waals surface area (Å²) in [6.07, 6.45) is 4.11.